The third-order valence-corrected chi connectivity index (χ3v) is 6.44. The molecule has 1 atom stereocenters. The van der Waals surface area contributed by atoms with Gasteiger partial charge in [0.25, 0.3) is 0 Å². The Bertz CT molecular complexity index is 1290. The molecule has 37 heavy (non-hydrogen) atoms. The monoisotopic (exact) mass is 523 g/mol. The van der Waals surface area contributed by atoms with Crippen molar-refractivity contribution in [3.05, 3.63) is 52.8 Å². The number of fused-ring (bicyclic) bond motifs is 1. The number of nitrogens with one attached hydrogen (secondary N) is 1. The predicted octanol–water partition coefficient (Wildman–Crippen LogP) is 5.59. The first kappa shape index (κ1) is 25.5. The molecule has 0 bridgehead atoms. The molecule has 12 heteroatoms. The summed E-state index contributed by atoms with van der Waals surface area (Å²) in [6.45, 7) is 4.46. The highest BCUT2D eigenvalue weighted by molar-refractivity contribution is 5.93. The molecule has 3 heterocycles. The molecule has 0 radical (unpaired) electrons. The number of hydrogen-bond acceptors (Lipinski definition) is 7. The fraction of sp³-hybridized carbons (Fsp3) is 0.480. The SMILES string of the molecule is Cc1nnc(N[C@H](C)c2cccc(C(F)(F)OC3CC3)c2)c2cc(N3CCOCC3)c(C(F)(F)F)nc12. The van der Waals surface area contributed by atoms with Crippen LogP contribution in [0.15, 0.2) is 30.3 Å². The largest absolute Gasteiger partial charge is 0.435 e. The second kappa shape index (κ2) is 9.64. The number of ether oxygens (including phenoxy) is 2. The maximum Gasteiger partial charge on any atom is 0.435 e. The maximum atomic E-state index is 14.5. The number of aromatic nitrogens is 3. The van der Waals surface area contributed by atoms with Crippen LogP contribution in [0.5, 0.6) is 0 Å². The molecule has 2 aromatic heterocycles. The van der Waals surface area contributed by atoms with Gasteiger partial charge in [-0.1, -0.05) is 18.2 Å². The number of anilines is 2. The molecule has 1 aliphatic heterocycles. The van der Waals surface area contributed by atoms with Crippen LogP contribution in [0.4, 0.5) is 33.5 Å². The quantitative estimate of drug-likeness (QED) is 0.405. The van der Waals surface area contributed by atoms with Crippen molar-refractivity contribution in [2.75, 3.05) is 36.5 Å². The first-order valence-electron chi connectivity index (χ1n) is 12.0. The molecule has 1 aromatic carbocycles. The number of nitrogens with zero attached hydrogens (tertiary/aromatic N) is 4. The Morgan fingerprint density at radius 1 is 1.08 bits per heavy atom. The first-order valence-corrected chi connectivity index (χ1v) is 12.0. The summed E-state index contributed by atoms with van der Waals surface area (Å²) in [7, 11) is 0. The van der Waals surface area contributed by atoms with Crippen LogP contribution in [0.3, 0.4) is 0 Å². The Morgan fingerprint density at radius 3 is 2.49 bits per heavy atom. The molecule has 0 spiro atoms. The van der Waals surface area contributed by atoms with Crippen molar-refractivity contribution >= 4 is 22.4 Å². The van der Waals surface area contributed by atoms with Gasteiger partial charge in [-0.3, -0.25) is 0 Å². The highest BCUT2D eigenvalue weighted by Gasteiger charge is 2.40. The molecular formula is C25H26F5N5O2. The van der Waals surface area contributed by atoms with Crippen molar-refractivity contribution in [3.63, 3.8) is 0 Å². The molecular weight excluding hydrogens is 497 g/mol. The van der Waals surface area contributed by atoms with Crippen molar-refractivity contribution in [1.82, 2.24) is 15.2 Å². The number of benzene rings is 1. The smallest absolute Gasteiger partial charge is 0.378 e. The Labute approximate surface area is 210 Å². The highest BCUT2D eigenvalue weighted by atomic mass is 19.4. The molecule has 0 unspecified atom stereocenters. The molecule has 198 valence electrons. The Kier molecular flexibility index (Phi) is 6.65. The third-order valence-electron chi connectivity index (χ3n) is 6.44. The average molecular weight is 524 g/mol. The lowest BCUT2D eigenvalue weighted by atomic mass is 10.0. The van der Waals surface area contributed by atoms with E-state index in [1.807, 2.05) is 0 Å². The summed E-state index contributed by atoms with van der Waals surface area (Å²) in [5.74, 6) is 0.204. The van der Waals surface area contributed by atoms with Crippen LogP contribution in [-0.2, 0) is 21.8 Å². The number of alkyl halides is 5. The molecule has 3 aromatic rings. The van der Waals surface area contributed by atoms with E-state index in [1.54, 1.807) is 17.9 Å². The number of pyridine rings is 1. The Balaban J connectivity index is 1.51. The van der Waals surface area contributed by atoms with Crippen LogP contribution < -0.4 is 10.2 Å². The minimum atomic E-state index is -4.67. The normalized spacial score (nSPS) is 17.8. The topological polar surface area (TPSA) is 72.4 Å². The van der Waals surface area contributed by atoms with Crippen LogP contribution in [-0.4, -0.2) is 47.6 Å². The molecule has 2 fully saturated rings. The summed E-state index contributed by atoms with van der Waals surface area (Å²) >= 11 is 0. The van der Waals surface area contributed by atoms with E-state index in [1.165, 1.54) is 31.2 Å². The van der Waals surface area contributed by atoms with E-state index in [9.17, 15) is 22.0 Å². The van der Waals surface area contributed by atoms with Crippen molar-refractivity contribution < 1.29 is 31.4 Å². The lowest BCUT2D eigenvalue weighted by molar-refractivity contribution is -0.255. The van der Waals surface area contributed by atoms with Crippen molar-refractivity contribution in [2.45, 2.75) is 51.1 Å². The van der Waals surface area contributed by atoms with Crippen LogP contribution >= 0.6 is 0 Å². The summed E-state index contributed by atoms with van der Waals surface area (Å²) in [6.07, 6.45) is -7.30. The van der Waals surface area contributed by atoms with E-state index in [2.05, 4.69) is 20.5 Å². The summed E-state index contributed by atoms with van der Waals surface area (Å²) in [4.78, 5) is 5.57. The molecule has 1 saturated carbocycles. The van der Waals surface area contributed by atoms with E-state index >= 15 is 0 Å². The zero-order valence-electron chi connectivity index (χ0n) is 20.3. The number of aryl methyl sites for hydroxylation is 1. The molecule has 1 saturated heterocycles. The number of hydrogen-bond donors (Lipinski definition) is 1. The summed E-state index contributed by atoms with van der Waals surface area (Å²) in [5, 5.41) is 11.6. The van der Waals surface area contributed by atoms with Gasteiger partial charge in [0.15, 0.2) is 11.5 Å². The van der Waals surface area contributed by atoms with Gasteiger partial charge in [-0.05, 0) is 44.4 Å². The van der Waals surface area contributed by atoms with Crippen LogP contribution in [0.2, 0.25) is 0 Å². The van der Waals surface area contributed by atoms with Crippen LogP contribution in [0.1, 0.15) is 48.3 Å². The van der Waals surface area contributed by atoms with E-state index < -0.39 is 30.1 Å². The minimum Gasteiger partial charge on any atom is -0.378 e. The lowest BCUT2D eigenvalue weighted by Gasteiger charge is -2.31. The van der Waals surface area contributed by atoms with Gasteiger partial charge in [-0.2, -0.15) is 27.1 Å². The zero-order valence-corrected chi connectivity index (χ0v) is 20.3. The lowest BCUT2D eigenvalue weighted by Crippen LogP contribution is -2.37. The summed E-state index contributed by atoms with van der Waals surface area (Å²) in [6, 6.07) is 6.74. The average Bonchev–Trinajstić information content (AvgIpc) is 3.68. The number of morpholine rings is 1. The van der Waals surface area contributed by atoms with E-state index in [-0.39, 0.29) is 41.4 Å². The standard InChI is InChI=1S/C25H26F5N5O2/c1-14(16-4-3-5-17(12-16)25(29,30)37-18-6-7-18)31-23-19-13-20(35-8-10-36-11-9-35)22(24(26,27)28)32-21(19)15(2)33-34-23/h3-5,12-14,18H,6-11H2,1-2H3,(H,31,34)/t14-/m1/s1. The number of rotatable bonds is 7. The molecule has 5 rings (SSSR count). The maximum absolute atomic E-state index is 14.5. The van der Waals surface area contributed by atoms with Gasteiger partial charge in [0.2, 0.25) is 0 Å². The van der Waals surface area contributed by atoms with Gasteiger partial charge in [0, 0.05) is 18.5 Å². The van der Waals surface area contributed by atoms with E-state index in [4.69, 9.17) is 9.47 Å². The van der Waals surface area contributed by atoms with Gasteiger partial charge in [-0.15, -0.1) is 5.10 Å². The zero-order chi connectivity index (χ0) is 26.4. The molecule has 7 nitrogen and oxygen atoms in total. The molecule has 0 amide bonds. The van der Waals surface area contributed by atoms with Gasteiger partial charge in [0.05, 0.1) is 47.8 Å². The molecule has 1 aliphatic carbocycles. The second-order valence-corrected chi connectivity index (χ2v) is 9.31. The second-order valence-electron chi connectivity index (χ2n) is 9.31. The fourth-order valence-corrected chi connectivity index (χ4v) is 4.29. The molecule has 1 N–H and O–H groups in total. The van der Waals surface area contributed by atoms with Gasteiger partial charge < -0.3 is 19.7 Å². The van der Waals surface area contributed by atoms with E-state index in [0.717, 1.165) is 0 Å². The van der Waals surface area contributed by atoms with Crippen LogP contribution in [0, 0.1) is 6.92 Å². The first-order chi connectivity index (χ1) is 17.5. The summed E-state index contributed by atoms with van der Waals surface area (Å²) < 4.78 is 81.2. The van der Waals surface area contributed by atoms with Gasteiger partial charge in [-0.25, -0.2) is 4.98 Å². The van der Waals surface area contributed by atoms with E-state index in [0.29, 0.717) is 37.0 Å². The minimum absolute atomic E-state index is 0.0622. The van der Waals surface area contributed by atoms with Crippen molar-refractivity contribution in [2.24, 2.45) is 0 Å². The van der Waals surface area contributed by atoms with Crippen molar-refractivity contribution in [1.29, 1.82) is 0 Å². The summed E-state index contributed by atoms with van der Waals surface area (Å²) in [5.41, 5.74) is -0.497. The number of halogens is 5. The Morgan fingerprint density at radius 2 is 1.81 bits per heavy atom. The fourth-order valence-electron chi connectivity index (χ4n) is 4.29. The predicted molar refractivity (Wildman–Crippen MR) is 127 cm³/mol. The highest BCUT2D eigenvalue weighted by Crippen LogP contribution is 2.40. The Hall–Kier alpha value is -3.12. The third kappa shape index (κ3) is 5.45. The molecule has 2 aliphatic rings. The van der Waals surface area contributed by atoms with Crippen LogP contribution in [0.25, 0.3) is 10.9 Å². The van der Waals surface area contributed by atoms with Crippen molar-refractivity contribution in [3.8, 4) is 0 Å². The van der Waals surface area contributed by atoms with Gasteiger partial charge in [0.1, 0.15) is 0 Å². The van der Waals surface area contributed by atoms with Gasteiger partial charge >= 0.3 is 12.3 Å².